The second kappa shape index (κ2) is 8.33. The maximum absolute atomic E-state index is 13.4. The monoisotopic (exact) mass is 569 g/mol. The highest BCUT2D eigenvalue weighted by atomic mass is 32.2. The van der Waals surface area contributed by atoms with Gasteiger partial charge in [0.05, 0.1) is 33.9 Å². The van der Waals surface area contributed by atoms with Gasteiger partial charge in [-0.1, -0.05) is 24.3 Å². The van der Waals surface area contributed by atoms with Crippen LogP contribution in [0.2, 0.25) is 0 Å². The number of hydrogen-bond donors (Lipinski definition) is 6. The van der Waals surface area contributed by atoms with Crippen molar-refractivity contribution in [3.63, 3.8) is 0 Å². The third kappa shape index (κ3) is 4.43. The number of fused-ring (bicyclic) bond motifs is 2. The highest BCUT2D eigenvalue weighted by Crippen LogP contribution is 2.41. The minimum atomic E-state index is -5.14. The van der Waals surface area contributed by atoms with Gasteiger partial charge in [0.25, 0.3) is 30.4 Å². The molecule has 37 heavy (non-hydrogen) atoms. The summed E-state index contributed by atoms with van der Waals surface area (Å²) in [6.45, 7) is 0. The van der Waals surface area contributed by atoms with Crippen LogP contribution in [0, 0.1) is 0 Å². The maximum Gasteiger partial charge on any atom is 0.296 e. The van der Waals surface area contributed by atoms with Gasteiger partial charge in [0.2, 0.25) is 0 Å². The number of nitrogens with one attached hydrogen (secondary N) is 1. The summed E-state index contributed by atoms with van der Waals surface area (Å²) in [7, 11) is -15.3. The molecule has 0 aromatic heterocycles. The van der Waals surface area contributed by atoms with E-state index < -0.39 is 90.5 Å². The van der Waals surface area contributed by atoms with Crippen molar-refractivity contribution < 1.29 is 48.5 Å². The van der Waals surface area contributed by atoms with Gasteiger partial charge in [0.15, 0.2) is 11.6 Å². The van der Waals surface area contributed by atoms with Gasteiger partial charge in [0, 0.05) is 11.1 Å². The number of carbonyl (C=O) groups excluding carboxylic acids is 2. The Morgan fingerprint density at radius 2 is 1.08 bits per heavy atom. The fourth-order valence-electron chi connectivity index (χ4n) is 3.86. The Labute approximate surface area is 209 Å². The molecule has 0 radical (unpaired) electrons. The lowest BCUT2D eigenvalue weighted by Crippen LogP contribution is -2.25. The van der Waals surface area contributed by atoms with Crippen molar-refractivity contribution in [2.24, 2.45) is 0 Å². The fraction of sp³-hybridized carbons (Fsp3) is 0. The molecule has 3 aromatic carbocycles. The smallest absolute Gasteiger partial charge is 0.296 e. The first-order valence-corrected chi connectivity index (χ1v) is 14.0. The second-order valence-electron chi connectivity index (χ2n) is 7.73. The SMILES string of the molecule is Nc1cc(S(=O)(=O)O)c(Nc2cc(S(=O)(=O)O)c(N)c3c2C(=O)c2ccccc2C3=O)cc1S(=O)(=O)O. The van der Waals surface area contributed by atoms with Crippen LogP contribution in [0.4, 0.5) is 22.7 Å². The van der Waals surface area contributed by atoms with Gasteiger partial charge in [-0.2, -0.15) is 25.3 Å². The van der Waals surface area contributed by atoms with Gasteiger partial charge in [-0.05, 0) is 18.2 Å². The average Bonchev–Trinajstić information content (AvgIpc) is 2.77. The molecule has 1 aliphatic carbocycles. The molecule has 0 saturated carbocycles. The minimum Gasteiger partial charge on any atom is -0.398 e. The van der Waals surface area contributed by atoms with Crippen molar-refractivity contribution in [3.05, 3.63) is 64.7 Å². The summed E-state index contributed by atoms with van der Waals surface area (Å²) in [6.07, 6.45) is 0. The van der Waals surface area contributed by atoms with Crippen molar-refractivity contribution in [3.8, 4) is 0 Å². The summed E-state index contributed by atoms with van der Waals surface area (Å²) in [5, 5.41) is 2.29. The Morgan fingerprint density at radius 3 is 1.57 bits per heavy atom. The molecule has 8 N–H and O–H groups in total. The average molecular weight is 570 g/mol. The molecule has 0 atom stereocenters. The van der Waals surface area contributed by atoms with E-state index in [-0.39, 0.29) is 11.1 Å². The summed E-state index contributed by atoms with van der Waals surface area (Å²) in [4.78, 5) is 23.5. The quantitative estimate of drug-likeness (QED) is 0.145. The minimum absolute atomic E-state index is 0.118. The van der Waals surface area contributed by atoms with Gasteiger partial charge in [-0.15, -0.1) is 0 Å². The molecule has 1 aliphatic rings. The van der Waals surface area contributed by atoms with Crippen LogP contribution in [0.5, 0.6) is 0 Å². The number of carbonyl (C=O) groups is 2. The molecule has 0 fully saturated rings. The third-order valence-electron chi connectivity index (χ3n) is 5.42. The first-order chi connectivity index (χ1) is 16.9. The summed E-state index contributed by atoms with van der Waals surface area (Å²) in [5.74, 6) is -1.76. The molecule has 14 nitrogen and oxygen atoms in total. The number of nitrogens with two attached hydrogens (primary N) is 2. The number of benzene rings is 3. The van der Waals surface area contributed by atoms with Crippen LogP contribution in [0.3, 0.4) is 0 Å². The van der Waals surface area contributed by atoms with Crippen molar-refractivity contribution in [1.82, 2.24) is 0 Å². The molecule has 17 heteroatoms. The van der Waals surface area contributed by atoms with E-state index in [1.165, 1.54) is 24.3 Å². The number of anilines is 4. The van der Waals surface area contributed by atoms with Crippen LogP contribution in [-0.2, 0) is 30.4 Å². The van der Waals surface area contributed by atoms with Crippen LogP contribution < -0.4 is 16.8 Å². The Bertz CT molecular complexity index is 1880. The second-order valence-corrected chi connectivity index (χ2v) is 11.9. The lowest BCUT2D eigenvalue weighted by Gasteiger charge is -2.24. The molecule has 0 amide bonds. The predicted octanol–water partition coefficient (Wildman–Crippen LogP) is 1.11. The normalized spacial score (nSPS) is 13.7. The van der Waals surface area contributed by atoms with Crippen LogP contribution in [0.25, 0.3) is 0 Å². The number of rotatable bonds is 5. The van der Waals surface area contributed by atoms with Gasteiger partial charge in [-0.25, -0.2) is 0 Å². The Morgan fingerprint density at radius 1 is 0.622 bits per heavy atom. The first-order valence-electron chi connectivity index (χ1n) is 9.71. The summed E-state index contributed by atoms with van der Waals surface area (Å²) in [6, 6.07) is 7.02. The number of ketones is 2. The largest absolute Gasteiger partial charge is 0.398 e. The molecule has 3 aromatic rings. The van der Waals surface area contributed by atoms with E-state index >= 15 is 0 Å². The topological polar surface area (TPSA) is 261 Å². The molecule has 0 heterocycles. The van der Waals surface area contributed by atoms with Gasteiger partial charge >= 0.3 is 0 Å². The van der Waals surface area contributed by atoms with Gasteiger partial charge in [-0.3, -0.25) is 23.2 Å². The van der Waals surface area contributed by atoms with Crippen molar-refractivity contribution >= 4 is 64.7 Å². The Kier molecular flexibility index (Phi) is 5.90. The highest BCUT2D eigenvalue weighted by Gasteiger charge is 2.37. The highest BCUT2D eigenvalue weighted by molar-refractivity contribution is 7.86. The van der Waals surface area contributed by atoms with Crippen LogP contribution in [0.15, 0.2) is 57.2 Å². The molecule has 0 saturated heterocycles. The molecule has 4 rings (SSSR count). The summed E-state index contributed by atoms with van der Waals surface area (Å²) >= 11 is 0. The summed E-state index contributed by atoms with van der Waals surface area (Å²) < 4.78 is 100. The zero-order valence-corrected chi connectivity index (χ0v) is 20.5. The van der Waals surface area contributed by atoms with Crippen LogP contribution >= 0.6 is 0 Å². The fourth-order valence-corrected chi connectivity index (χ4v) is 5.80. The van der Waals surface area contributed by atoms with Crippen molar-refractivity contribution in [1.29, 1.82) is 0 Å². The van der Waals surface area contributed by atoms with E-state index in [0.29, 0.717) is 18.2 Å². The zero-order valence-electron chi connectivity index (χ0n) is 18.0. The Balaban J connectivity index is 2.11. The van der Waals surface area contributed by atoms with E-state index in [4.69, 9.17) is 11.5 Å². The summed E-state index contributed by atoms with van der Waals surface area (Å²) in [5.41, 5.74) is 6.97. The van der Waals surface area contributed by atoms with Gasteiger partial charge in [0.1, 0.15) is 14.7 Å². The number of nitrogen functional groups attached to an aromatic ring is 2. The molecule has 0 aliphatic heterocycles. The van der Waals surface area contributed by atoms with Crippen molar-refractivity contribution in [2.45, 2.75) is 14.7 Å². The maximum atomic E-state index is 13.4. The zero-order chi connectivity index (χ0) is 27.7. The van der Waals surface area contributed by atoms with E-state index in [1.54, 1.807) is 0 Å². The molecular formula is C20H15N3O11S3. The molecule has 0 spiro atoms. The standard InChI is InChI=1S/C20H15N3O11S3/c21-10-5-14(36(29,30)31)11(6-13(10)35(26,27)28)23-12-7-15(37(32,33)34)18(22)17-16(12)19(24)8-3-1-2-4-9(8)20(17)25/h1-7,23H,21-22H2,(H,26,27,28)(H,29,30,31)(H,32,33,34). The number of hydrogen-bond acceptors (Lipinski definition) is 11. The molecular weight excluding hydrogens is 554 g/mol. The molecule has 194 valence electrons. The predicted molar refractivity (Wildman–Crippen MR) is 128 cm³/mol. The van der Waals surface area contributed by atoms with E-state index in [2.05, 4.69) is 5.32 Å². The molecule has 0 unspecified atom stereocenters. The van der Waals surface area contributed by atoms with Crippen LogP contribution in [0.1, 0.15) is 31.8 Å². The molecule has 0 bridgehead atoms. The van der Waals surface area contributed by atoms with E-state index in [9.17, 15) is 48.5 Å². The van der Waals surface area contributed by atoms with Crippen molar-refractivity contribution in [2.75, 3.05) is 16.8 Å². The van der Waals surface area contributed by atoms with E-state index in [0.717, 1.165) is 0 Å². The first kappa shape index (κ1) is 26.2. The Hall–Kier alpha value is -3.87. The lowest BCUT2D eigenvalue weighted by atomic mass is 9.82. The third-order valence-corrected chi connectivity index (χ3v) is 8.11. The van der Waals surface area contributed by atoms with Crippen LogP contribution in [-0.4, -0.2) is 50.5 Å². The van der Waals surface area contributed by atoms with Gasteiger partial charge < -0.3 is 16.8 Å². The van der Waals surface area contributed by atoms with E-state index in [1.807, 2.05) is 0 Å². The lowest BCUT2D eigenvalue weighted by molar-refractivity contribution is 0.0980.